The summed E-state index contributed by atoms with van der Waals surface area (Å²) < 4.78 is 54.9. The fourth-order valence-corrected chi connectivity index (χ4v) is 7.42. The second-order valence-electron chi connectivity index (χ2n) is 9.91. The summed E-state index contributed by atoms with van der Waals surface area (Å²) in [5.74, 6) is -6.81. The number of carbonyl (C=O) groups excluding carboxylic acids is 8. The summed E-state index contributed by atoms with van der Waals surface area (Å²) in [6, 6.07) is 0. The molecule has 2 aliphatic rings. The molecule has 0 saturated carbocycles. The van der Waals surface area contributed by atoms with Crippen molar-refractivity contribution in [1.82, 2.24) is 0 Å². The molecule has 18 nitrogen and oxygen atoms in total. The molecule has 0 amide bonds. The van der Waals surface area contributed by atoms with Crippen molar-refractivity contribution in [2.45, 2.75) is 114 Å². The van der Waals surface area contributed by atoms with Gasteiger partial charge in [0.2, 0.25) is 0 Å². The van der Waals surface area contributed by atoms with Crippen LogP contribution in [-0.2, 0) is 85.7 Å². The van der Waals surface area contributed by atoms with E-state index in [0.717, 1.165) is 55.4 Å². The van der Waals surface area contributed by atoms with Crippen LogP contribution in [0, 0.1) is 0 Å². The number of carbonyl (C=O) groups is 8. The molecule has 2 rings (SSSR count). The van der Waals surface area contributed by atoms with Crippen molar-refractivity contribution < 1.29 is 85.7 Å². The van der Waals surface area contributed by atoms with Crippen molar-refractivity contribution in [3.63, 3.8) is 0 Å². The van der Waals surface area contributed by atoms with E-state index in [-0.39, 0.29) is 0 Å². The predicted molar refractivity (Wildman–Crippen MR) is 145 cm³/mol. The van der Waals surface area contributed by atoms with Crippen LogP contribution < -0.4 is 0 Å². The molecule has 0 radical (unpaired) electrons. The van der Waals surface area contributed by atoms with Gasteiger partial charge in [-0.05, 0) is 0 Å². The number of hydrogen-bond donors (Lipinski definition) is 0. The van der Waals surface area contributed by atoms with Crippen molar-refractivity contribution in [3.8, 4) is 0 Å². The van der Waals surface area contributed by atoms with Crippen LogP contribution in [0.3, 0.4) is 0 Å². The third-order valence-corrected chi connectivity index (χ3v) is 8.57. The summed E-state index contributed by atoms with van der Waals surface area (Å²) in [5.41, 5.74) is 0. The summed E-state index contributed by atoms with van der Waals surface area (Å²) in [6.45, 7) is 7.91. The van der Waals surface area contributed by atoms with Crippen LogP contribution in [0.25, 0.3) is 0 Å². The quantitative estimate of drug-likeness (QED) is 0.138. The third kappa shape index (κ3) is 11.5. The zero-order chi connectivity index (χ0) is 34.9. The summed E-state index contributed by atoms with van der Waals surface area (Å²) in [5, 5.41) is -2.67. The molecule has 258 valence electrons. The first-order valence-corrected chi connectivity index (χ1v) is 15.7. The van der Waals surface area contributed by atoms with Crippen LogP contribution in [0.2, 0.25) is 0 Å². The Morgan fingerprint density at radius 3 is 1.20 bits per heavy atom. The topological polar surface area (TPSA) is 229 Å². The third-order valence-electron chi connectivity index (χ3n) is 5.86. The minimum absolute atomic E-state index is 0.510. The number of esters is 8. The fourth-order valence-electron chi connectivity index (χ4n) is 4.54. The van der Waals surface area contributed by atoms with Crippen LogP contribution in [0.4, 0.5) is 0 Å². The molecule has 19 heteroatoms. The van der Waals surface area contributed by atoms with E-state index >= 15 is 0 Å². The van der Waals surface area contributed by atoms with E-state index in [2.05, 4.69) is 0 Å². The van der Waals surface area contributed by atoms with E-state index in [0.29, 0.717) is 0 Å². The van der Waals surface area contributed by atoms with Crippen molar-refractivity contribution in [2.75, 3.05) is 6.61 Å². The molecule has 0 spiro atoms. The van der Waals surface area contributed by atoms with Crippen molar-refractivity contribution in [2.24, 2.45) is 0 Å². The normalized spacial score (nSPS) is 30.4. The average Bonchev–Trinajstić information content (AvgIpc) is 2.88. The van der Waals surface area contributed by atoms with Gasteiger partial charge in [-0.3, -0.25) is 0 Å². The molecule has 0 aromatic carbocycles. The van der Waals surface area contributed by atoms with Crippen molar-refractivity contribution in [1.29, 1.82) is 0 Å². The molecule has 2 saturated heterocycles. The molecule has 10 atom stereocenters. The van der Waals surface area contributed by atoms with Gasteiger partial charge in [0.1, 0.15) is 0 Å². The SMILES string of the molecule is CC(=O)OCC1OC([Se]C2OC(OC(C)=O)C(OC(C)=O)C(OC(C)=O)C2OC(C)=O)C(OC(C)=O)C(OC(C)=O)C1OC(C)=O. The maximum absolute atomic E-state index is 12.3. The summed E-state index contributed by atoms with van der Waals surface area (Å²) in [4.78, 5) is 96.5. The molecule has 46 heavy (non-hydrogen) atoms. The van der Waals surface area contributed by atoms with Gasteiger partial charge in [-0.15, -0.1) is 0 Å². The van der Waals surface area contributed by atoms with Crippen LogP contribution in [-0.4, -0.2) is 128 Å². The zero-order valence-electron chi connectivity index (χ0n) is 26.2. The second-order valence-corrected chi connectivity index (χ2v) is 12.4. The second kappa shape index (κ2) is 17.2. The Hall–Kier alpha value is -3.80. The Kier molecular flexibility index (Phi) is 14.4. The van der Waals surface area contributed by atoms with Crippen molar-refractivity contribution in [3.05, 3.63) is 0 Å². The zero-order valence-corrected chi connectivity index (χ0v) is 28.0. The van der Waals surface area contributed by atoms with Gasteiger partial charge < -0.3 is 0 Å². The maximum atomic E-state index is 12.3. The first-order valence-electron chi connectivity index (χ1n) is 13.7. The number of hydrogen-bond acceptors (Lipinski definition) is 18. The standard InChI is InChI=1S/C27H36O18Se/c1-10(28)36-9-18-19(37-11(2)29)20(38-12(3)30)23(41-15(6)33)26(44-18)46-27-24(42-16(7)34)21(39-13(4)31)22(40-14(5)32)25(45-27)43-17(8)35/h18-27H,9H2,1-8H3. The molecule has 10 unspecified atom stereocenters. The van der Waals surface area contributed by atoms with Gasteiger partial charge in [0.05, 0.1) is 0 Å². The summed E-state index contributed by atoms with van der Waals surface area (Å²) in [6.07, 6.45) is -12.1. The molecule has 2 fully saturated rings. The Morgan fingerprint density at radius 1 is 0.435 bits per heavy atom. The van der Waals surface area contributed by atoms with Gasteiger partial charge >= 0.3 is 269 Å². The molecule has 0 aromatic heterocycles. The molecule has 0 aliphatic carbocycles. The van der Waals surface area contributed by atoms with E-state index in [1.807, 2.05) is 0 Å². The Labute approximate surface area is 269 Å². The molecular formula is C27H36O18Se. The predicted octanol–water partition coefficient (Wildman–Crippen LogP) is -1.19. The summed E-state index contributed by atoms with van der Waals surface area (Å²) in [7, 11) is 0. The Balaban J connectivity index is 2.69. The monoisotopic (exact) mass is 728 g/mol. The fraction of sp³-hybridized carbons (Fsp3) is 0.704. The molecule has 0 bridgehead atoms. The Bertz CT molecular complexity index is 1190. The first-order chi connectivity index (χ1) is 21.4. The van der Waals surface area contributed by atoms with Gasteiger partial charge in [0.25, 0.3) is 0 Å². The van der Waals surface area contributed by atoms with Gasteiger partial charge in [-0.25, -0.2) is 0 Å². The van der Waals surface area contributed by atoms with E-state index in [1.165, 1.54) is 0 Å². The van der Waals surface area contributed by atoms with Crippen molar-refractivity contribution >= 4 is 62.7 Å². The average molecular weight is 728 g/mol. The first kappa shape index (κ1) is 38.4. The van der Waals surface area contributed by atoms with E-state index < -0.39 is 128 Å². The van der Waals surface area contributed by atoms with Gasteiger partial charge in [0, 0.05) is 0 Å². The molecule has 2 aliphatic heterocycles. The number of rotatable bonds is 11. The van der Waals surface area contributed by atoms with Gasteiger partial charge in [-0.2, -0.15) is 0 Å². The van der Waals surface area contributed by atoms with E-state index in [9.17, 15) is 38.4 Å². The van der Waals surface area contributed by atoms with Crippen LogP contribution in [0.5, 0.6) is 0 Å². The minimum atomic E-state index is -1.70. The van der Waals surface area contributed by atoms with Crippen LogP contribution in [0.15, 0.2) is 0 Å². The van der Waals surface area contributed by atoms with Gasteiger partial charge in [0.15, 0.2) is 0 Å². The molecule has 0 aromatic rings. The summed E-state index contributed by atoms with van der Waals surface area (Å²) >= 11 is -1.24. The molecular weight excluding hydrogens is 691 g/mol. The van der Waals surface area contributed by atoms with E-state index in [1.54, 1.807) is 0 Å². The van der Waals surface area contributed by atoms with Crippen LogP contribution >= 0.6 is 0 Å². The van der Waals surface area contributed by atoms with E-state index in [4.69, 9.17) is 47.4 Å². The van der Waals surface area contributed by atoms with Crippen LogP contribution in [0.1, 0.15) is 55.4 Å². The number of ether oxygens (including phenoxy) is 10. The van der Waals surface area contributed by atoms with Gasteiger partial charge in [-0.1, -0.05) is 0 Å². The Morgan fingerprint density at radius 2 is 0.783 bits per heavy atom. The molecule has 0 N–H and O–H groups in total. The molecule has 2 heterocycles.